The van der Waals surface area contributed by atoms with Gasteiger partial charge in [-0.05, 0) is 93.1 Å². The molecule has 7 aromatic rings. The van der Waals surface area contributed by atoms with E-state index in [0.29, 0.717) is 34.7 Å². The minimum atomic E-state index is -0.274. The normalized spacial score (nSPS) is 11.6. The van der Waals surface area contributed by atoms with Crippen LogP contribution in [0.25, 0.3) is 39.1 Å². The Morgan fingerprint density at radius 1 is 0.911 bits per heavy atom. The molecule has 0 saturated carbocycles. The van der Waals surface area contributed by atoms with Gasteiger partial charge >= 0.3 is 0 Å². The van der Waals surface area contributed by atoms with Crippen LogP contribution in [0.3, 0.4) is 0 Å². The van der Waals surface area contributed by atoms with E-state index in [1.165, 1.54) is 10.2 Å². The van der Waals surface area contributed by atoms with Crippen LogP contribution in [0.15, 0.2) is 122 Å². The van der Waals surface area contributed by atoms with Crippen LogP contribution in [-0.4, -0.2) is 20.4 Å². The van der Waals surface area contributed by atoms with E-state index >= 15 is 0 Å². The average molecular weight is 658 g/mol. The van der Waals surface area contributed by atoms with E-state index in [1.807, 2.05) is 86.6 Å². The number of nitrogens with zero attached hydrogens (tertiary/aromatic N) is 4. The van der Waals surface area contributed by atoms with Gasteiger partial charge in [-0.25, -0.2) is 4.98 Å². The zero-order valence-corrected chi connectivity index (χ0v) is 26.6. The van der Waals surface area contributed by atoms with E-state index < -0.39 is 0 Å². The van der Waals surface area contributed by atoms with Crippen molar-refractivity contribution >= 4 is 44.0 Å². The summed E-state index contributed by atoms with van der Waals surface area (Å²) in [7, 11) is 0. The van der Waals surface area contributed by atoms with Gasteiger partial charge in [-0.15, -0.1) is 0 Å². The average Bonchev–Trinajstić information content (AvgIpc) is 3.58. The lowest BCUT2D eigenvalue weighted by Gasteiger charge is -2.12. The number of aromatic nitrogens is 3. The molecule has 0 aliphatic carbocycles. The first kappa shape index (κ1) is 28.6. The van der Waals surface area contributed by atoms with Crippen molar-refractivity contribution in [1.82, 2.24) is 14.2 Å². The Balaban J connectivity index is 1.22. The summed E-state index contributed by atoms with van der Waals surface area (Å²) < 4.78 is 16.6. The summed E-state index contributed by atoms with van der Waals surface area (Å²) in [6.07, 6.45) is 1.71. The molecule has 0 bridgehead atoms. The van der Waals surface area contributed by atoms with Gasteiger partial charge in [0.05, 0.1) is 17.1 Å². The summed E-state index contributed by atoms with van der Waals surface area (Å²) in [5, 5.41) is 6.06. The van der Waals surface area contributed by atoms with Crippen molar-refractivity contribution in [3.8, 4) is 23.0 Å². The van der Waals surface area contributed by atoms with Gasteiger partial charge in [0.2, 0.25) is 5.82 Å². The Labute approximate surface area is 268 Å². The first-order valence-electron chi connectivity index (χ1n) is 14.6. The molecule has 45 heavy (non-hydrogen) atoms. The van der Waals surface area contributed by atoms with E-state index in [9.17, 15) is 4.79 Å². The molecule has 4 aromatic carbocycles. The number of rotatable bonds is 7. The molecule has 7 rings (SSSR count). The van der Waals surface area contributed by atoms with Crippen LogP contribution in [-0.2, 0) is 6.61 Å². The van der Waals surface area contributed by atoms with Crippen LogP contribution >= 0.6 is 15.9 Å². The first-order valence-corrected chi connectivity index (χ1v) is 15.4. The Hall–Kier alpha value is -5.21. The van der Waals surface area contributed by atoms with E-state index in [2.05, 4.69) is 56.8 Å². The topological polar surface area (TPSA) is 74.6 Å². The number of furan rings is 1. The van der Waals surface area contributed by atoms with Crippen molar-refractivity contribution in [3.05, 3.63) is 146 Å². The molecular weight excluding hydrogens is 628 g/mol. The number of halogens is 1. The largest absolute Gasteiger partial charge is 0.489 e. The van der Waals surface area contributed by atoms with Crippen LogP contribution in [0.5, 0.6) is 5.75 Å². The second-order valence-electron chi connectivity index (χ2n) is 11.0. The van der Waals surface area contributed by atoms with E-state index in [1.54, 1.807) is 12.3 Å². The molecule has 0 unspecified atom stereocenters. The van der Waals surface area contributed by atoms with Gasteiger partial charge in [-0.3, -0.25) is 4.79 Å². The highest BCUT2D eigenvalue weighted by Crippen LogP contribution is 2.29. The maximum Gasteiger partial charge on any atom is 0.282 e. The predicted octanol–water partition coefficient (Wildman–Crippen LogP) is 8.75. The Morgan fingerprint density at radius 2 is 1.73 bits per heavy atom. The summed E-state index contributed by atoms with van der Waals surface area (Å²) >= 11 is 3.52. The smallest absolute Gasteiger partial charge is 0.282 e. The summed E-state index contributed by atoms with van der Waals surface area (Å²) in [4.78, 5) is 18.5. The molecule has 0 saturated heterocycles. The van der Waals surface area contributed by atoms with E-state index in [-0.39, 0.29) is 5.56 Å². The van der Waals surface area contributed by atoms with E-state index in [0.717, 1.165) is 43.8 Å². The molecule has 0 amide bonds. The highest BCUT2D eigenvalue weighted by Gasteiger charge is 2.17. The third kappa shape index (κ3) is 5.60. The highest BCUT2D eigenvalue weighted by atomic mass is 79.9. The van der Waals surface area contributed by atoms with E-state index in [4.69, 9.17) is 14.1 Å². The maximum absolute atomic E-state index is 13.7. The monoisotopic (exact) mass is 656 g/mol. The molecule has 7 nitrogen and oxygen atoms in total. The maximum atomic E-state index is 13.7. The summed E-state index contributed by atoms with van der Waals surface area (Å²) in [6.45, 7) is 6.68. The number of fused-ring (bicyclic) bond motifs is 2. The van der Waals surface area contributed by atoms with Crippen LogP contribution in [0, 0.1) is 20.8 Å². The molecule has 0 N–H and O–H groups in total. The lowest BCUT2D eigenvalue weighted by molar-refractivity contribution is 0.306. The summed E-state index contributed by atoms with van der Waals surface area (Å²) in [5.41, 5.74) is 7.26. The SMILES string of the molecule is Cc1cccc(COc2ccc(-n3c(C)cc(C=Nn4c(-c5cc6cc(Br)ccc6o5)nc5ccccc5c4=O)c3C)cc2)c1. The molecule has 8 heteroatoms. The first-order chi connectivity index (χ1) is 21.8. The second kappa shape index (κ2) is 11.7. The minimum absolute atomic E-state index is 0.274. The molecule has 0 fully saturated rings. The van der Waals surface area contributed by atoms with Gasteiger partial charge in [0.25, 0.3) is 5.56 Å². The molecule has 222 valence electrons. The quantitative estimate of drug-likeness (QED) is 0.161. The van der Waals surface area contributed by atoms with Crippen LogP contribution in [0.1, 0.15) is 28.1 Å². The summed E-state index contributed by atoms with van der Waals surface area (Å²) in [6, 6.07) is 33.3. The third-order valence-electron chi connectivity index (χ3n) is 7.82. The van der Waals surface area contributed by atoms with Crippen molar-refractivity contribution in [2.24, 2.45) is 5.10 Å². The Morgan fingerprint density at radius 3 is 2.56 bits per heavy atom. The van der Waals surface area contributed by atoms with Crippen molar-refractivity contribution in [2.45, 2.75) is 27.4 Å². The van der Waals surface area contributed by atoms with Gasteiger partial charge < -0.3 is 13.7 Å². The Kier molecular flexibility index (Phi) is 7.43. The molecule has 0 atom stereocenters. The number of benzene rings is 4. The minimum Gasteiger partial charge on any atom is -0.489 e. The van der Waals surface area contributed by atoms with Gasteiger partial charge in [0.15, 0.2) is 5.76 Å². The van der Waals surface area contributed by atoms with Crippen molar-refractivity contribution < 1.29 is 9.15 Å². The Bertz CT molecular complexity index is 2290. The fourth-order valence-electron chi connectivity index (χ4n) is 5.61. The lowest BCUT2D eigenvalue weighted by atomic mass is 10.1. The van der Waals surface area contributed by atoms with Gasteiger partial charge in [-0.1, -0.05) is 57.9 Å². The number of hydrogen-bond donors (Lipinski definition) is 0. The van der Waals surface area contributed by atoms with Crippen LogP contribution in [0.4, 0.5) is 0 Å². The molecule has 0 aliphatic heterocycles. The fourth-order valence-corrected chi connectivity index (χ4v) is 5.99. The molecule has 0 aliphatic rings. The third-order valence-corrected chi connectivity index (χ3v) is 8.31. The zero-order valence-electron chi connectivity index (χ0n) is 25.0. The van der Waals surface area contributed by atoms with Crippen molar-refractivity contribution in [2.75, 3.05) is 0 Å². The number of para-hydroxylation sites is 1. The molecule has 3 heterocycles. The molecular formula is C37H29BrN4O3. The number of ether oxygens (including phenoxy) is 1. The zero-order chi connectivity index (χ0) is 31.1. The highest BCUT2D eigenvalue weighted by molar-refractivity contribution is 9.10. The fraction of sp³-hybridized carbons (Fsp3) is 0.108. The molecule has 0 spiro atoms. The molecule has 3 aromatic heterocycles. The number of aryl methyl sites for hydroxylation is 2. The van der Waals surface area contributed by atoms with Crippen LogP contribution < -0.4 is 10.3 Å². The lowest BCUT2D eigenvalue weighted by Crippen LogP contribution is -2.20. The van der Waals surface area contributed by atoms with Crippen molar-refractivity contribution in [3.63, 3.8) is 0 Å². The molecule has 0 radical (unpaired) electrons. The standard InChI is InChI=1S/C37H29BrN4O3/c1-23-7-6-8-26(17-23)22-44-31-14-12-30(13-15-31)41-24(2)18-28(25(41)3)21-39-42-36(40-33-10-5-4-9-32(33)37(42)43)35-20-27-19-29(38)11-16-34(27)45-35/h4-21H,22H2,1-3H3. The van der Waals surface area contributed by atoms with Gasteiger partial charge in [0.1, 0.15) is 17.9 Å². The van der Waals surface area contributed by atoms with Gasteiger partial charge in [-0.2, -0.15) is 9.78 Å². The van der Waals surface area contributed by atoms with Crippen LogP contribution in [0.2, 0.25) is 0 Å². The predicted molar refractivity (Wildman–Crippen MR) is 183 cm³/mol. The second-order valence-corrected chi connectivity index (χ2v) is 12.0. The van der Waals surface area contributed by atoms with Crippen molar-refractivity contribution in [1.29, 1.82) is 0 Å². The summed E-state index contributed by atoms with van der Waals surface area (Å²) in [5.74, 6) is 1.59. The number of hydrogen-bond acceptors (Lipinski definition) is 5. The van der Waals surface area contributed by atoms with Gasteiger partial charge in [0, 0.05) is 32.5 Å².